The van der Waals surface area contributed by atoms with Gasteiger partial charge in [-0.25, -0.2) is 4.68 Å². The van der Waals surface area contributed by atoms with Crippen molar-refractivity contribution in [2.24, 2.45) is 0 Å². The molecule has 0 aliphatic carbocycles. The molecular weight excluding hydrogens is 344 g/mol. The van der Waals surface area contributed by atoms with E-state index in [9.17, 15) is 9.59 Å². The lowest BCUT2D eigenvalue weighted by molar-refractivity contribution is -0.130. The minimum Gasteiger partial charge on any atom is -0.463 e. The fourth-order valence-electron chi connectivity index (χ4n) is 3.23. The van der Waals surface area contributed by atoms with Gasteiger partial charge >= 0.3 is 0 Å². The van der Waals surface area contributed by atoms with E-state index in [2.05, 4.69) is 5.10 Å². The lowest BCUT2D eigenvalue weighted by atomic mass is 10.2. The van der Waals surface area contributed by atoms with E-state index in [4.69, 9.17) is 4.42 Å². The Morgan fingerprint density at radius 3 is 2.30 bits per heavy atom. The van der Waals surface area contributed by atoms with E-state index in [1.165, 1.54) is 0 Å². The van der Waals surface area contributed by atoms with Crippen LogP contribution in [0.4, 0.5) is 0 Å². The molecule has 0 unspecified atom stereocenters. The van der Waals surface area contributed by atoms with Crippen molar-refractivity contribution in [3.8, 4) is 17.1 Å². The predicted octanol–water partition coefficient (Wildman–Crippen LogP) is 2.44. The summed E-state index contributed by atoms with van der Waals surface area (Å²) in [7, 11) is 0. The van der Waals surface area contributed by atoms with Crippen molar-refractivity contribution < 1.29 is 14.0 Å². The normalized spacial score (nSPS) is 14.4. The monoisotopic (exact) mass is 364 g/mol. The highest BCUT2D eigenvalue weighted by molar-refractivity contribution is 5.94. The Bertz CT molecular complexity index is 939. The number of carbonyl (C=O) groups excluding carboxylic acids is 2. The molecule has 3 heterocycles. The van der Waals surface area contributed by atoms with Crippen molar-refractivity contribution in [1.29, 1.82) is 0 Å². The van der Waals surface area contributed by atoms with E-state index in [-0.39, 0.29) is 11.8 Å². The number of piperazine rings is 1. The number of para-hydroxylation sites is 1. The highest BCUT2D eigenvalue weighted by atomic mass is 16.3. The molecule has 1 saturated heterocycles. The van der Waals surface area contributed by atoms with E-state index in [1.54, 1.807) is 39.8 Å². The van der Waals surface area contributed by atoms with Crippen LogP contribution in [0.1, 0.15) is 17.4 Å². The molecule has 0 atom stereocenters. The van der Waals surface area contributed by atoms with Crippen molar-refractivity contribution in [3.63, 3.8) is 0 Å². The molecule has 3 aromatic rings. The van der Waals surface area contributed by atoms with Crippen molar-refractivity contribution in [3.05, 3.63) is 60.5 Å². The summed E-state index contributed by atoms with van der Waals surface area (Å²) < 4.78 is 7.09. The number of carbonyl (C=O) groups is 2. The third kappa shape index (κ3) is 3.36. The van der Waals surface area contributed by atoms with Crippen LogP contribution < -0.4 is 0 Å². The van der Waals surface area contributed by atoms with E-state index in [0.29, 0.717) is 43.3 Å². The summed E-state index contributed by atoms with van der Waals surface area (Å²) in [5.41, 5.74) is 1.89. The van der Waals surface area contributed by atoms with E-state index >= 15 is 0 Å². The lowest BCUT2D eigenvalue weighted by Gasteiger charge is -2.34. The largest absolute Gasteiger partial charge is 0.463 e. The third-order valence-electron chi connectivity index (χ3n) is 4.72. The number of furan rings is 1. The standard InChI is InChI=1S/C20H20N4O3/c1-15(25)22-9-11-23(12-10-22)20(26)18-14-17(19-8-5-13-27-19)21-24(18)16-6-3-2-4-7-16/h2-8,13-14H,9-12H2,1H3. The molecule has 0 N–H and O–H groups in total. The van der Waals surface area contributed by atoms with Gasteiger partial charge in [-0.05, 0) is 24.3 Å². The van der Waals surface area contributed by atoms with Gasteiger partial charge in [0.2, 0.25) is 5.91 Å². The Hall–Kier alpha value is -3.35. The van der Waals surface area contributed by atoms with Crippen molar-refractivity contribution in [2.45, 2.75) is 6.92 Å². The maximum absolute atomic E-state index is 13.2. The predicted molar refractivity (Wildman–Crippen MR) is 99.4 cm³/mol. The molecule has 7 heteroatoms. The van der Waals surface area contributed by atoms with Crippen LogP contribution in [0.3, 0.4) is 0 Å². The van der Waals surface area contributed by atoms with Crippen LogP contribution in [0.15, 0.2) is 59.2 Å². The number of rotatable bonds is 3. The summed E-state index contributed by atoms with van der Waals surface area (Å²) in [6.45, 7) is 3.66. The second-order valence-corrected chi connectivity index (χ2v) is 6.44. The Morgan fingerprint density at radius 2 is 1.67 bits per heavy atom. The van der Waals surface area contributed by atoms with E-state index in [1.807, 2.05) is 36.4 Å². The van der Waals surface area contributed by atoms with Gasteiger partial charge in [0, 0.05) is 39.2 Å². The molecule has 0 radical (unpaired) electrons. The topological polar surface area (TPSA) is 71.6 Å². The number of benzene rings is 1. The molecule has 0 spiro atoms. The summed E-state index contributed by atoms with van der Waals surface area (Å²) in [6, 6.07) is 14.9. The van der Waals surface area contributed by atoms with Crippen molar-refractivity contribution in [1.82, 2.24) is 19.6 Å². The summed E-state index contributed by atoms with van der Waals surface area (Å²) in [4.78, 5) is 28.2. The van der Waals surface area contributed by atoms with Gasteiger partial charge in [-0.2, -0.15) is 5.10 Å². The minimum absolute atomic E-state index is 0.0385. The smallest absolute Gasteiger partial charge is 0.272 e. The van der Waals surface area contributed by atoms with Crippen molar-refractivity contribution in [2.75, 3.05) is 26.2 Å². The zero-order valence-electron chi connectivity index (χ0n) is 15.0. The quantitative estimate of drug-likeness (QED) is 0.716. The molecule has 27 heavy (non-hydrogen) atoms. The van der Waals surface area contributed by atoms with Crippen LogP contribution in [-0.2, 0) is 4.79 Å². The summed E-state index contributed by atoms with van der Waals surface area (Å²) in [5, 5.41) is 4.59. The summed E-state index contributed by atoms with van der Waals surface area (Å²) >= 11 is 0. The fraction of sp³-hybridized carbons (Fsp3) is 0.250. The molecule has 0 bridgehead atoms. The zero-order valence-corrected chi connectivity index (χ0v) is 15.0. The number of nitrogens with zero attached hydrogens (tertiary/aromatic N) is 4. The summed E-state index contributed by atoms with van der Waals surface area (Å²) in [5.74, 6) is 0.545. The molecule has 4 rings (SSSR count). The molecule has 1 aliphatic heterocycles. The molecule has 138 valence electrons. The first-order chi connectivity index (χ1) is 13.1. The molecule has 2 aromatic heterocycles. The molecule has 7 nitrogen and oxygen atoms in total. The van der Waals surface area contributed by atoms with Gasteiger partial charge in [0.15, 0.2) is 5.76 Å². The highest BCUT2D eigenvalue weighted by Crippen LogP contribution is 2.23. The second-order valence-electron chi connectivity index (χ2n) is 6.44. The average molecular weight is 364 g/mol. The van der Waals surface area contributed by atoms with Crippen molar-refractivity contribution >= 4 is 11.8 Å². The van der Waals surface area contributed by atoms with Crippen LogP contribution >= 0.6 is 0 Å². The van der Waals surface area contributed by atoms with Gasteiger partial charge in [-0.15, -0.1) is 0 Å². The Labute approximate surface area is 156 Å². The highest BCUT2D eigenvalue weighted by Gasteiger charge is 2.27. The van der Waals surface area contributed by atoms with Gasteiger partial charge in [-0.3, -0.25) is 9.59 Å². The molecule has 1 aliphatic rings. The van der Waals surface area contributed by atoms with Crippen LogP contribution in [-0.4, -0.2) is 57.6 Å². The Balaban J connectivity index is 1.67. The number of hydrogen-bond donors (Lipinski definition) is 0. The van der Waals surface area contributed by atoms with Gasteiger partial charge in [-0.1, -0.05) is 18.2 Å². The number of amides is 2. The van der Waals surface area contributed by atoms with Gasteiger partial charge in [0.05, 0.1) is 12.0 Å². The molecular formula is C20H20N4O3. The summed E-state index contributed by atoms with van der Waals surface area (Å²) in [6.07, 6.45) is 1.58. The lowest BCUT2D eigenvalue weighted by Crippen LogP contribution is -2.50. The maximum Gasteiger partial charge on any atom is 0.272 e. The zero-order chi connectivity index (χ0) is 18.8. The van der Waals surface area contributed by atoms with Crippen LogP contribution in [0.2, 0.25) is 0 Å². The number of hydrogen-bond acceptors (Lipinski definition) is 4. The van der Waals surface area contributed by atoms with E-state index < -0.39 is 0 Å². The fourth-order valence-corrected chi connectivity index (χ4v) is 3.23. The number of aromatic nitrogens is 2. The second kappa shape index (κ2) is 7.11. The molecule has 0 saturated carbocycles. The van der Waals surface area contributed by atoms with Gasteiger partial charge in [0.25, 0.3) is 5.91 Å². The molecule has 2 amide bonds. The van der Waals surface area contributed by atoms with Crippen LogP contribution in [0.5, 0.6) is 0 Å². The first-order valence-corrected chi connectivity index (χ1v) is 8.87. The third-order valence-corrected chi connectivity index (χ3v) is 4.72. The van der Waals surface area contributed by atoms with Crippen LogP contribution in [0.25, 0.3) is 17.1 Å². The first kappa shape index (κ1) is 17.1. The average Bonchev–Trinajstić information content (AvgIpc) is 3.38. The minimum atomic E-state index is -0.104. The Kier molecular flexibility index (Phi) is 4.50. The molecule has 1 fully saturated rings. The maximum atomic E-state index is 13.2. The first-order valence-electron chi connectivity index (χ1n) is 8.87. The SMILES string of the molecule is CC(=O)N1CCN(C(=O)c2cc(-c3ccco3)nn2-c2ccccc2)CC1. The molecule has 1 aromatic carbocycles. The van der Waals surface area contributed by atoms with Gasteiger partial charge in [0.1, 0.15) is 11.4 Å². The van der Waals surface area contributed by atoms with Gasteiger partial charge < -0.3 is 14.2 Å². The van der Waals surface area contributed by atoms with Crippen LogP contribution in [0, 0.1) is 0 Å². The van der Waals surface area contributed by atoms with E-state index in [0.717, 1.165) is 5.69 Å². The Morgan fingerprint density at radius 1 is 0.963 bits per heavy atom.